The predicted octanol–water partition coefficient (Wildman–Crippen LogP) is 5.14. The normalized spacial score (nSPS) is 10.3. The summed E-state index contributed by atoms with van der Waals surface area (Å²) in [6, 6.07) is 30.2. The largest absolute Gasteiger partial charge is 0.340 e. The lowest BCUT2D eigenvalue weighted by atomic mass is 10.2. The van der Waals surface area contributed by atoms with Crippen LogP contribution >= 0.6 is 0 Å². The second kappa shape index (κ2) is 8.14. The van der Waals surface area contributed by atoms with Gasteiger partial charge in [-0.3, -0.25) is 4.79 Å². The highest BCUT2D eigenvalue weighted by molar-refractivity contribution is 6.03. The van der Waals surface area contributed by atoms with Gasteiger partial charge in [-0.1, -0.05) is 66.7 Å². The minimum atomic E-state index is -0.290. The molecule has 5 heteroatoms. The molecule has 0 unspecified atom stereocenters. The van der Waals surface area contributed by atoms with Gasteiger partial charge in [0, 0.05) is 23.0 Å². The van der Waals surface area contributed by atoms with Gasteiger partial charge in [-0.15, -0.1) is 0 Å². The number of para-hydroxylation sites is 2. The SMILES string of the molecule is O=C(Nc1ccccc1)c1cc(Nc2ccccc2)nc(-c2ccccc2)n1. The van der Waals surface area contributed by atoms with E-state index in [9.17, 15) is 4.79 Å². The first-order valence-electron chi connectivity index (χ1n) is 8.91. The van der Waals surface area contributed by atoms with Crippen molar-refractivity contribution >= 4 is 23.1 Å². The first kappa shape index (κ1) is 17.4. The van der Waals surface area contributed by atoms with E-state index >= 15 is 0 Å². The Morgan fingerprint density at radius 2 is 1.25 bits per heavy atom. The molecule has 0 saturated heterocycles. The van der Waals surface area contributed by atoms with E-state index in [1.165, 1.54) is 0 Å². The quantitative estimate of drug-likeness (QED) is 0.513. The molecule has 5 nitrogen and oxygen atoms in total. The van der Waals surface area contributed by atoms with Crippen LogP contribution in [-0.2, 0) is 0 Å². The molecule has 0 aliphatic carbocycles. The minimum absolute atomic E-state index is 0.288. The lowest BCUT2D eigenvalue weighted by Gasteiger charge is -2.11. The van der Waals surface area contributed by atoms with Crippen molar-refractivity contribution in [1.82, 2.24) is 9.97 Å². The standard InChI is InChI=1S/C23H18N4O/c28-23(25-19-14-8-3-9-15-19)20-16-21(24-18-12-6-2-7-13-18)27-22(26-20)17-10-4-1-5-11-17/h1-16H,(H,25,28)(H,24,26,27). The highest BCUT2D eigenvalue weighted by Gasteiger charge is 2.13. The number of aromatic nitrogens is 2. The number of hydrogen-bond acceptors (Lipinski definition) is 4. The van der Waals surface area contributed by atoms with Gasteiger partial charge in [0.25, 0.3) is 5.91 Å². The van der Waals surface area contributed by atoms with Crippen molar-refractivity contribution < 1.29 is 4.79 Å². The molecule has 0 aliphatic rings. The second-order valence-electron chi connectivity index (χ2n) is 6.14. The lowest BCUT2D eigenvalue weighted by molar-refractivity contribution is 0.102. The average Bonchev–Trinajstić information content (AvgIpc) is 2.75. The number of carbonyl (C=O) groups is 1. The van der Waals surface area contributed by atoms with Gasteiger partial charge in [0.15, 0.2) is 5.82 Å². The van der Waals surface area contributed by atoms with E-state index in [4.69, 9.17) is 0 Å². The van der Waals surface area contributed by atoms with Crippen LogP contribution in [0.5, 0.6) is 0 Å². The molecule has 0 atom stereocenters. The Bertz CT molecular complexity index is 1070. The van der Waals surface area contributed by atoms with E-state index in [1.54, 1.807) is 6.07 Å². The van der Waals surface area contributed by atoms with Crippen LogP contribution in [0.25, 0.3) is 11.4 Å². The molecule has 4 aromatic rings. The molecular formula is C23H18N4O. The zero-order chi connectivity index (χ0) is 19.2. The van der Waals surface area contributed by atoms with Crippen molar-refractivity contribution in [3.05, 3.63) is 103 Å². The van der Waals surface area contributed by atoms with Crippen molar-refractivity contribution in [2.24, 2.45) is 0 Å². The summed E-state index contributed by atoms with van der Waals surface area (Å²) >= 11 is 0. The molecule has 3 aromatic carbocycles. The summed E-state index contributed by atoms with van der Waals surface area (Å²) in [5.74, 6) is 0.750. The van der Waals surface area contributed by atoms with E-state index < -0.39 is 0 Å². The fraction of sp³-hybridized carbons (Fsp3) is 0. The van der Waals surface area contributed by atoms with Crippen LogP contribution in [0.15, 0.2) is 97.1 Å². The molecule has 1 aromatic heterocycles. The van der Waals surface area contributed by atoms with Crippen molar-refractivity contribution in [2.75, 3.05) is 10.6 Å². The monoisotopic (exact) mass is 366 g/mol. The molecule has 1 amide bonds. The maximum atomic E-state index is 12.8. The molecule has 136 valence electrons. The van der Waals surface area contributed by atoms with Gasteiger partial charge in [0.2, 0.25) is 0 Å². The summed E-state index contributed by atoms with van der Waals surface area (Å²) in [6.45, 7) is 0. The van der Waals surface area contributed by atoms with Gasteiger partial charge >= 0.3 is 0 Å². The minimum Gasteiger partial charge on any atom is -0.340 e. The fourth-order valence-corrected chi connectivity index (χ4v) is 2.73. The number of nitrogens with zero attached hydrogens (tertiary/aromatic N) is 2. The summed E-state index contributed by atoms with van der Waals surface area (Å²) in [5, 5.41) is 6.11. The average molecular weight is 366 g/mol. The fourth-order valence-electron chi connectivity index (χ4n) is 2.73. The third-order valence-corrected chi connectivity index (χ3v) is 4.07. The topological polar surface area (TPSA) is 66.9 Å². The molecule has 28 heavy (non-hydrogen) atoms. The zero-order valence-corrected chi connectivity index (χ0v) is 15.0. The number of amides is 1. The van der Waals surface area contributed by atoms with Gasteiger partial charge in [0.1, 0.15) is 11.5 Å². The summed E-state index contributed by atoms with van der Waals surface area (Å²) in [7, 11) is 0. The van der Waals surface area contributed by atoms with Crippen LogP contribution in [0.4, 0.5) is 17.2 Å². The Morgan fingerprint density at radius 1 is 0.679 bits per heavy atom. The van der Waals surface area contributed by atoms with E-state index in [-0.39, 0.29) is 11.6 Å². The van der Waals surface area contributed by atoms with Crippen molar-refractivity contribution in [2.45, 2.75) is 0 Å². The number of rotatable bonds is 5. The smallest absolute Gasteiger partial charge is 0.274 e. The van der Waals surface area contributed by atoms with Gasteiger partial charge in [-0.05, 0) is 24.3 Å². The molecule has 2 N–H and O–H groups in total. The molecule has 0 bridgehead atoms. The molecule has 0 aliphatic heterocycles. The van der Waals surface area contributed by atoms with E-state index in [0.717, 1.165) is 11.3 Å². The molecule has 1 heterocycles. The Kier molecular flexibility index (Phi) is 5.06. The first-order chi connectivity index (χ1) is 13.8. The number of carbonyl (C=O) groups excluding carboxylic acids is 1. The Hall–Kier alpha value is -3.99. The van der Waals surface area contributed by atoms with Crippen molar-refractivity contribution in [3.63, 3.8) is 0 Å². The van der Waals surface area contributed by atoms with Gasteiger partial charge in [-0.25, -0.2) is 9.97 Å². The van der Waals surface area contributed by atoms with Gasteiger partial charge < -0.3 is 10.6 Å². The van der Waals surface area contributed by atoms with Crippen LogP contribution in [0.2, 0.25) is 0 Å². The van der Waals surface area contributed by atoms with Crippen LogP contribution < -0.4 is 10.6 Å². The lowest BCUT2D eigenvalue weighted by Crippen LogP contribution is -2.15. The Morgan fingerprint density at radius 3 is 1.89 bits per heavy atom. The number of anilines is 3. The molecule has 0 radical (unpaired) electrons. The second-order valence-corrected chi connectivity index (χ2v) is 6.14. The number of hydrogen-bond donors (Lipinski definition) is 2. The highest BCUT2D eigenvalue weighted by Crippen LogP contribution is 2.21. The predicted molar refractivity (Wildman–Crippen MR) is 112 cm³/mol. The molecular weight excluding hydrogens is 348 g/mol. The molecule has 4 rings (SSSR count). The maximum Gasteiger partial charge on any atom is 0.274 e. The van der Waals surface area contributed by atoms with Crippen molar-refractivity contribution in [1.29, 1.82) is 0 Å². The zero-order valence-electron chi connectivity index (χ0n) is 15.0. The van der Waals surface area contributed by atoms with Crippen LogP contribution in [0.1, 0.15) is 10.5 Å². The van der Waals surface area contributed by atoms with Crippen LogP contribution in [-0.4, -0.2) is 15.9 Å². The van der Waals surface area contributed by atoms with Crippen molar-refractivity contribution in [3.8, 4) is 11.4 Å². The molecule has 0 saturated carbocycles. The Labute approximate surface area is 163 Å². The maximum absolute atomic E-state index is 12.8. The first-order valence-corrected chi connectivity index (χ1v) is 8.91. The molecule has 0 spiro atoms. The molecule has 0 fully saturated rings. The van der Waals surface area contributed by atoms with E-state index in [1.807, 2.05) is 91.0 Å². The van der Waals surface area contributed by atoms with Gasteiger partial charge in [-0.2, -0.15) is 0 Å². The van der Waals surface area contributed by atoms with E-state index in [2.05, 4.69) is 20.6 Å². The summed E-state index contributed by atoms with van der Waals surface area (Å²) in [6.07, 6.45) is 0. The number of benzene rings is 3. The van der Waals surface area contributed by atoms with Crippen LogP contribution in [0.3, 0.4) is 0 Å². The summed E-state index contributed by atoms with van der Waals surface area (Å²) in [4.78, 5) is 21.8. The third-order valence-electron chi connectivity index (χ3n) is 4.07. The third kappa shape index (κ3) is 4.22. The van der Waals surface area contributed by atoms with Crippen LogP contribution in [0, 0.1) is 0 Å². The summed E-state index contributed by atoms with van der Waals surface area (Å²) < 4.78 is 0. The summed E-state index contributed by atoms with van der Waals surface area (Å²) in [5.41, 5.74) is 2.73. The Balaban J connectivity index is 1.70. The highest BCUT2D eigenvalue weighted by atomic mass is 16.1. The number of nitrogens with one attached hydrogen (secondary N) is 2. The van der Waals surface area contributed by atoms with E-state index in [0.29, 0.717) is 17.3 Å². The van der Waals surface area contributed by atoms with Gasteiger partial charge in [0.05, 0.1) is 0 Å².